The number of ether oxygens (including phenoxy) is 4. The van der Waals surface area contributed by atoms with Crippen LogP contribution in [0, 0.1) is 6.92 Å². The molecule has 1 aliphatic carbocycles. The van der Waals surface area contributed by atoms with Gasteiger partial charge in [-0.25, -0.2) is 13.1 Å². The summed E-state index contributed by atoms with van der Waals surface area (Å²) in [4.78, 5) is 0.215. The fraction of sp³-hybridized carbons (Fsp3) is 0.391. The van der Waals surface area contributed by atoms with Gasteiger partial charge in [-0.2, -0.15) is 0 Å². The van der Waals surface area contributed by atoms with Gasteiger partial charge in [0.05, 0.1) is 10.9 Å². The summed E-state index contributed by atoms with van der Waals surface area (Å²) < 4.78 is 52.5. The minimum absolute atomic E-state index is 0.179. The second-order valence-electron chi connectivity index (χ2n) is 8.55. The Morgan fingerprint density at radius 3 is 2.48 bits per heavy atom. The van der Waals surface area contributed by atoms with Crippen LogP contribution in [0.1, 0.15) is 30.9 Å². The van der Waals surface area contributed by atoms with Crippen LogP contribution in [0.3, 0.4) is 0 Å². The van der Waals surface area contributed by atoms with Gasteiger partial charge in [-0.1, -0.05) is 35.9 Å². The molecule has 2 aliphatic heterocycles. The van der Waals surface area contributed by atoms with E-state index < -0.39 is 28.0 Å². The van der Waals surface area contributed by atoms with Crippen LogP contribution in [0.25, 0.3) is 0 Å². The molecule has 1 fully saturated rings. The summed E-state index contributed by atoms with van der Waals surface area (Å²) in [7, 11) is -3.78. The molecule has 7 nitrogen and oxygen atoms in total. The maximum atomic E-state index is 13.2. The summed E-state index contributed by atoms with van der Waals surface area (Å²) >= 11 is 0. The van der Waals surface area contributed by atoms with E-state index in [0.717, 1.165) is 11.1 Å². The van der Waals surface area contributed by atoms with Gasteiger partial charge in [0.2, 0.25) is 16.8 Å². The molecule has 1 saturated heterocycles. The van der Waals surface area contributed by atoms with Crippen LogP contribution in [0.15, 0.2) is 59.5 Å². The summed E-state index contributed by atoms with van der Waals surface area (Å²) in [5, 5.41) is 0. The highest BCUT2D eigenvalue weighted by Crippen LogP contribution is 2.42. The van der Waals surface area contributed by atoms with Crippen molar-refractivity contribution in [3.63, 3.8) is 0 Å². The van der Waals surface area contributed by atoms with E-state index in [-0.39, 0.29) is 23.7 Å². The lowest BCUT2D eigenvalue weighted by atomic mass is 9.82. The van der Waals surface area contributed by atoms with E-state index in [1.165, 1.54) is 0 Å². The zero-order valence-corrected chi connectivity index (χ0v) is 18.4. The second-order valence-corrected chi connectivity index (χ2v) is 10.3. The van der Waals surface area contributed by atoms with Gasteiger partial charge in [0.25, 0.3) is 0 Å². The van der Waals surface area contributed by atoms with Crippen molar-refractivity contribution in [2.45, 2.75) is 55.6 Å². The largest absolute Gasteiger partial charge is 0.454 e. The van der Waals surface area contributed by atoms with Crippen molar-refractivity contribution in [1.29, 1.82) is 0 Å². The Hall–Kier alpha value is -2.39. The van der Waals surface area contributed by atoms with Crippen LogP contribution in [0.4, 0.5) is 0 Å². The average molecular weight is 444 g/mol. The van der Waals surface area contributed by atoms with Gasteiger partial charge in [0.15, 0.2) is 17.3 Å². The molecule has 0 radical (unpaired) electrons. The van der Waals surface area contributed by atoms with Gasteiger partial charge in [0, 0.05) is 5.92 Å². The van der Waals surface area contributed by atoms with Crippen molar-refractivity contribution >= 4 is 10.0 Å². The number of hydrogen-bond acceptors (Lipinski definition) is 6. The maximum absolute atomic E-state index is 13.2. The van der Waals surface area contributed by atoms with Crippen LogP contribution in [0.2, 0.25) is 0 Å². The molecule has 2 aromatic rings. The molecule has 0 unspecified atom stereocenters. The third-order valence-electron chi connectivity index (χ3n) is 5.82. The van der Waals surface area contributed by atoms with Crippen molar-refractivity contribution in [1.82, 2.24) is 4.72 Å². The number of aryl methyl sites for hydroxylation is 1. The van der Waals surface area contributed by atoms with Crippen LogP contribution in [-0.2, 0) is 19.5 Å². The van der Waals surface area contributed by atoms with Gasteiger partial charge >= 0.3 is 0 Å². The van der Waals surface area contributed by atoms with Crippen molar-refractivity contribution in [3.05, 3.63) is 65.7 Å². The summed E-state index contributed by atoms with van der Waals surface area (Å²) in [5.74, 6) is 0.252. The van der Waals surface area contributed by atoms with E-state index >= 15 is 0 Å². The number of rotatable bonds is 4. The lowest BCUT2D eigenvalue weighted by Crippen LogP contribution is -2.52. The molecule has 0 saturated carbocycles. The highest BCUT2D eigenvalue weighted by molar-refractivity contribution is 7.89. The van der Waals surface area contributed by atoms with Gasteiger partial charge < -0.3 is 18.9 Å². The molecule has 31 heavy (non-hydrogen) atoms. The van der Waals surface area contributed by atoms with Crippen molar-refractivity contribution in [2.75, 3.05) is 6.79 Å². The van der Waals surface area contributed by atoms with Crippen LogP contribution in [-0.4, -0.2) is 39.2 Å². The standard InChI is InChI=1S/C23H25NO6S/c1-14-4-7-16(8-5-14)31(25,26)24-21-17(9-11-19-22(21)30-23(2,3)29-19)15-6-10-18-20(12-15)28-13-27-18/h4-12,17,19,21-22,24H,13H2,1-3H3/t17-,19-,21-,22-/m1/s1. The van der Waals surface area contributed by atoms with E-state index in [1.54, 1.807) is 24.3 Å². The number of fused-ring (bicyclic) bond motifs is 2. The van der Waals surface area contributed by atoms with E-state index in [2.05, 4.69) is 4.72 Å². The zero-order valence-electron chi connectivity index (χ0n) is 17.6. The summed E-state index contributed by atoms with van der Waals surface area (Å²) in [6.07, 6.45) is 3.11. The zero-order chi connectivity index (χ0) is 21.8. The Labute approximate surface area is 182 Å². The molecule has 2 heterocycles. The average Bonchev–Trinajstić information content (AvgIpc) is 3.30. The molecular weight excluding hydrogens is 418 g/mol. The third kappa shape index (κ3) is 3.85. The number of hydrogen-bond donors (Lipinski definition) is 1. The SMILES string of the molecule is Cc1ccc(S(=O)(=O)N[C@H]2[C@@H]3OC(C)(C)O[C@@H]3C=C[C@@H]2c2ccc3c(c2)OCO3)cc1. The fourth-order valence-corrected chi connectivity index (χ4v) is 5.61. The minimum atomic E-state index is -3.78. The molecular formula is C23H25NO6S. The topological polar surface area (TPSA) is 83.1 Å². The van der Waals surface area contributed by atoms with E-state index in [4.69, 9.17) is 18.9 Å². The Balaban J connectivity index is 1.52. The predicted octanol–water partition coefficient (Wildman–Crippen LogP) is 3.24. The van der Waals surface area contributed by atoms with Gasteiger partial charge in [-0.3, -0.25) is 0 Å². The first-order valence-electron chi connectivity index (χ1n) is 10.2. The van der Waals surface area contributed by atoms with Crippen molar-refractivity contribution in [2.24, 2.45) is 0 Å². The van der Waals surface area contributed by atoms with Gasteiger partial charge in [-0.05, 0) is 50.6 Å². The molecule has 8 heteroatoms. The fourth-order valence-electron chi connectivity index (χ4n) is 4.34. The first-order valence-corrected chi connectivity index (χ1v) is 11.7. The Bertz CT molecular complexity index is 1130. The number of sulfonamides is 1. The molecule has 0 bridgehead atoms. The number of benzene rings is 2. The Morgan fingerprint density at radius 1 is 0.968 bits per heavy atom. The Morgan fingerprint density at radius 2 is 1.71 bits per heavy atom. The minimum Gasteiger partial charge on any atom is -0.454 e. The predicted molar refractivity (Wildman–Crippen MR) is 114 cm³/mol. The molecule has 5 rings (SSSR count). The van der Waals surface area contributed by atoms with E-state index in [9.17, 15) is 8.42 Å². The third-order valence-corrected chi connectivity index (χ3v) is 7.29. The van der Waals surface area contributed by atoms with Crippen molar-refractivity contribution < 1.29 is 27.4 Å². The lowest BCUT2D eigenvalue weighted by molar-refractivity contribution is -0.144. The first kappa shape index (κ1) is 20.5. The highest BCUT2D eigenvalue weighted by atomic mass is 32.2. The van der Waals surface area contributed by atoms with Gasteiger partial charge in [-0.15, -0.1) is 0 Å². The summed E-state index contributed by atoms with van der Waals surface area (Å²) in [6, 6.07) is 11.9. The lowest BCUT2D eigenvalue weighted by Gasteiger charge is -2.35. The molecule has 1 N–H and O–H groups in total. The molecule has 2 aromatic carbocycles. The molecule has 4 atom stereocenters. The molecule has 0 aromatic heterocycles. The smallest absolute Gasteiger partial charge is 0.240 e. The quantitative estimate of drug-likeness (QED) is 0.731. The highest BCUT2D eigenvalue weighted by Gasteiger charge is 2.49. The number of nitrogens with one attached hydrogen (secondary N) is 1. The molecule has 164 valence electrons. The molecule has 0 spiro atoms. The van der Waals surface area contributed by atoms with E-state index in [1.807, 2.05) is 51.1 Å². The van der Waals surface area contributed by atoms with E-state index in [0.29, 0.717) is 11.5 Å². The van der Waals surface area contributed by atoms with Gasteiger partial charge in [0.1, 0.15) is 12.2 Å². The second kappa shape index (κ2) is 7.34. The Kier molecular flexibility index (Phi) is 4.86. The van der Waals surface area contributed by atoms with Crippen LogP contribution in [0.5, 0.6) is 11.5 Å². The van der Waals surface area contributed by atoms with Crippen LogP contribution < -0.4 is 14.2 Å². The normalized spacial score (nSPS) is 28.5. The van der Waals surface area contributed by atoms with Crippen molar-refractivity contribution in [3.8, 4) is 11.5 Å². The summed E-state index contributed by atoms with van der Waals surface area (Å²) in [5.41, 5.74) is 1.90. The molecule has 3 aliphatic rings. The van der Waals surface area contributed by atoms with Crippen LogP contribution >= 0.6 is 0 Å². The monoisotopic (exact) mass is 443 g/mol. The maximum Gasteiger partial charge on any atom is 0.240 e. The summed E-state index contributed by atoms with van der Waals surface area (Å²) in [6.45, 7) is 5.76. The first-order chi connectivity index (χ1) is 14.7. The molecule has 0 amide bonds.